The molecule has 0 unspecified atom stereocenters. The Morgan fingerprint density at radius 3 is 3.05 bits per heavy atom. The van der Waals surface area contributed by atoms with Gasteiger partial charge in [-0.3, -0.25) is 4.79 Å². The van der Waals surface area contributed by atoms with Gasteiger partial charge in [-0.2, -0.15) is 0 Å². The first-order valence-corrected chi connectivity index (χ1v) is 7.56. The second kappa shape index (κ2) is 4.62. The molecular weight excluding hydrogens is 256 g/mol. The van der Waals surface area contributed by atoms with E-state index in [0.29, 0.717) is 13.1 Å². The zero-order valence-electron chi connectivity index (χ0n) is 11.0. The van der Waals surface area contributed by atoms with Crippen LogP contribution in [0.1, 0.15) is 18.9 Å². The highest BCUT2D eigenvalue weighted by Gasteiger charge is 2.60. The number of likely N-dealkylation sites (N-methyl/N-ethyl adjacent to an activating group) is 1. The summed E-state index contributed by atoms with van der Waals surface area (Å²) in [4.78, 5) is 12.4. The number of rotatable bonds is 4. The van der Waals surface area contributed by atoms with E-state index in [-0.39, 0.29) is 17.2 Å². The van der Waals surface area contributed by atoms with Crippen molar-refractivity contribution in [3.05, 3.63) is 35.2 Å². The molecule has 1 aliphatic rings. The molecule has 1 aliphatic carbocycles. The SMILES string of the molecule is CCNC(=O)[C@@]1(c2ccc3sccc3c2)C[C@H]1CN. The molecule has 0 spiro atoms. The van der Waals surface area contributed by atoms with Gasteiger partial charge in [0.25, 0.3) is 0 Å². The Kier molecular flexibility index (Phi) is 3.07. The van der Waals surface area contributed by atoms with Gasteiger partial charge in [0.1, 0.15) is 0 Å². The summed E-state index contributed by atoms with van der Waals surface area (Å²) in [6.45, 7) is 3.19. The number of fused-ring (bicyclic) bond motifs is 1. The molecule has 0 bridgehead atoms. The van der Waals surface area contributed by atoms with E-state index >= 15 is 0 Å². The van der Waals surface area contributed by atoms with Crippen LogP contribution in [0.3, 0.4) is 0 Å². The molecule has 2 aromatic rings. The molecule has 3 nitrogen and oxygen atoms in total. The third-order valence-corrected chi connectivity index (χ3v) is 5.00. The van der Waals surface area contributed by atoms with Crippen LogP contribution in [0, 0.1) is 5.92 Å². The van der Waals surface area contributed by atoms with Crippen LogP contribution in [0.4, 0.5) is 0 Å². The van der Waals surface area contributed by atoms with Gasteiger partial charge in [-0.25, -0.2) is 0 Å². The molecule has 0 saturated heterocycles. The minimum atomic E-state index is -0.388. The third kappa shape index (κ3) is 1.86. The second-order valence-electron chi connectivity index (χ2n) is 5.14. The third-order valence-electron chi connectivity index (χ3n) is 4.10. The van der Waals surface area contributed by atoms with Gasteiger partial charge in [0.05, 0.1) is 5.41 Å². The van der Waals surface area contributed by atoms with E-state index in [4.69, 9.17) is 5.73 Å². The average Bonchev–Trinajstić information content (AvgIpc) is 3.00. The average molecular weight is 274 g/mol. The van der Waals surface area contributed by atoms with Crippen molar-refractivity contribution in [2.75, 3.05) is 13.1 Å². The Bertz CT molecular complexity index is 621. The van der Waals surface area contributed by atoms with Gasteiger partial charge < -0.3 is 11.1 Å². The molecule has 0 aliphatic heterocycles. The van der Waals surface area contributed by atoms with E-state index in [1.807, 2.05) is 6.92 Å². The Balaban J connectivity index is 2.02. The summed E-state index contributed by atoms with van der Waals surface area (Å²) < 4.78 is 1.26. The monoisotopic (exact) mass is 274 g/mol. The number of hydrogen-bond donors (Lipinski definition) is 2. The molecule has 1 heterocycles. The maximum absolute atomic E-state index is 12.4. The minimum absolute atomic E-state index is 0.125. The maximum atomic E-state index is 12.4. The van der Waals surface area contributed by atoms with Gasteiger partial charge in [0.15, 0.2) is 0 Å². The van der Waals surface area contributed by atoms with Crippen molar-refractivity contribution in [1.82, 2.24) is 5.32 Å². The number of benzene rings is 1. The summed E-state index contributed by atoms with van der Waals surface area (Å²) >= 11 is 1.73. The fourth-order valence-electron chi connectivity index (χ4n) is 2.94. The Labute approximate surface area is 116 Å². The quantitative estimate of drug-likeness (QED) is 0.898. The first-order chi connectivity index (χ1) is 9.22. The zero-order chi connectivity index (χ0) is 13.5. The highest BCUT2D eigenvalue weighted by molar-refractivity contribution is 7.17. The Morgan fingerprint density at radius 1 is 1.53 bits per heavy atom. The van der Waals surface area contributed by atoms with Gasteiger partial charge in [-0.1, -0.05) is 6.07 Å². The number of carbonyl (C=O) groups is 1. The number of carbonyl (C=O) groups excluding carboxylic acids is 1. The molecule has 1 fully saturated rings. The van der Waals surface area contributed by atoms with Crippen molar-refractivity contribution in [2.45, 2.75) is 18.8 Å². The first kappa shape index (κ1) is 12.6. The topological polar surface area (TPSA) is 55.1 Å². The van der Waals surface area contributed by atoms with Crippen LogP contribution in [-0.4, -0.2) is 19.0 Å². The smallest absolute Gasteiger partial charge is 0.230 e. The van der Waals surface area contributed by atoms with Crippen molar-refractivity contribution < 1.29 is 4.79 Å². The van der Waals surface area contributed by atoms with Gasteiger partial charge in [-0.15, -0.1) is 11.3 Å². The molecule has 3 rings (SSSR count). The van der Waals surface area contributed by atoms with Crippen molar-refractivity contribution in [3.63, 3.8) is 0 Å². The van der Waals surface area contributed by atoms with E-state index in [0.717, 1.165) is 12.0 Å². The summed E-state index contributed by atoms with van der Waals surface area (Å²) in [7, 11) is 0. The molecule has 100 valence electrons. The number of hydrogen-bond acceptors (Lipinski definition) is 3. The largest absolute Gasteiger partial charge is 0.356 e. The molecule has 1 aromatic heterocycles. The normalized spacial score (nSPS) is 25.5. The molecule has 2 atom stereocenters. The number of amides is 1. The summed E-state index contributed by atoms with van der Waals surface area (Å²) in [5.41, 5.74) is 6.52. The van der Waals surface area contributed by atoms with Crippen LogP contribution < -0.4 is 11.1 Å². The van der Waals surface area contributed by atoms with Gasteiger partial charge >= 0.3 is 0 Å². The predicted octanol–water partition coefficient (Wildman–Crippen LogP) is 2.25. The summed E-state index contributed by atoms with van der Waals surface area (Å²) in [6, 6.07) is 8.46. The summed E-state index contributed by atoms with van der Waals surface area (Å²) in [6.07, 6.45) is 0.866. The fourth-order valence-corrected chi connectivity index (χ4v) is 3.71. The molecule has 1 saturated carbocycles. The summed E-state index contributed by atoms with van der Waals surface area (Å²) in [5.74, 6) is 0.398. The molecule has 4 heteroatoms. The standard InChI is InChI=1S/C15H18N2OS/c1-2-17-14(18)15(8-12(15)9-16)11-3-4-13-10(7-11)5-6-19-13/h3-7,12H,2,8-9,16H2,1H3,(H,17,18)/t12-,15+/m0/s1. The molecule has 3 N–H and O–H groups in total. The second-order valence-corrected chi connectivity index (χ2v) is 6.09. The lowest BCUT2D eigenvalue weighted by Gasteiger charge is -2.17. The van der Waals surface area contributed by atoms with E-state index < -0.39 is 0 Å². The van der Waals surface area contributed by atoms with Gasteiger partial charge in [0, 0.05) is 11.2 Å². The lowest BCUT2D eigenvalue weighted by atomic mass is 9.91. The highest BCUT2D eigenvalue weighted by atomic mass is 32.1. The number of nitrogens with one attached hydrogen (secondary N) is 1. The number of nitrogens with two attached hydrogens (primary N) is 1. The molecule has 0 radical (unpaired) electrons. The van der Waals surface area contributed by atoms with E-state index in [1.165, 1.54) is 10.1 Å². The van der Waals surface area contributed by atoms with Crippen molar-refractivity contribution in [2.24, 2.45) is 11.7 Å². The van der Waals surface area contributed by atoms with Crippen LogP contribution in [-0.2, 0) is 10.2 Å². The summed E-state index contributed by atoms with van der Waals surface area (Å²) in [5, 5.41) is 6.26. The van der Waals surface area contributed by atoms with Crippen molar-refractivity contribution >= 4 is 27.3 Å². The highest BCUT2D eigenvalue weighted by Crippen LogP contribution is 2.54. The van der Waals surface area contributed by atoms with Gasteiger partial charge in [-0.05, 0) is 60.3 Å². The lowest BCUT2D eigenvalue weighted by Crippen LogP contribution is -2.37. The van der Waals surface area contributed by atoms with Crippen LogP contribution in [0.15, 0.2) is 29.6 Å². The van der Waals surface area contributed by atoms with Crippen LogP contribution >= 0.6 is 11.3 Å². The van der Waals surface area contributed by atoms with Crippen molar-refractivity contribution in [1.29, 1.82) is 0 Å². The molecule has 19 heavy (non-hydrogen) atoms. The van der Waals surface area contributed by atoms with Crippen LogP contribution in [0.5, 0.6) is 0 Å². The molecule has 1 aromatic carbocycles. The first-order valence-electron chi connectivity index (χ1n) is 6.68. The maximum Gasteiger partial charge on any atom is 0.230 e. The minimum Gasteiger partial charge on any atom is -0.356 e. The van der Waals surface area contributed by atoms with Gasteiger partial charge in [0.2, 0.25) is 5.91 Å². The molecule has 1 amide bonds. The molecular formula is C15H18N2OS. The van der Waals surface area contributed by atoms with Crippen LogP contribution in [0.25, 0.3) is 10.1 Å². The zero-order valence-corrected chi connectivity index (χ0v) is 11.8. The fraction of sp³-hybridized carbons (Fsp3) is 0.400. The van der Waals surface area contributed by atoms with Crippen molar-refractivity contribution in [3.8, 4) is 0 Å². The number of thiophene rings is 1. The Hall–Kier alpha value is -1.39. The van der Waals surface area contributed by atoms with E-state index in [2.05, 4.69) is 35.0 Å². The van der Waals surface area contributed by atoms with E-state index in [9.17, 15) is 4.79 Å². The predicted molar refractivity (Wildman–Crippen MR) is 79.3 cm³/mol. The Morgan fingerprint density at radius 2 is 2.37 bits per heavy atom. The lowest BCUT2D eigenvalue weighted by molar-refractivity contribution is -0.123. The van der Waals surface area contributed by atoms with E-state index in [1.54, 1.807) is 11.3 Å². The van der Waals surface area contributed by atoms with Crippen LogP contribution in [0.2, 0.25) is 0 Å².